The highest BCUT2D eigenvalue weighted by Gasteiger charge is 2.18. The van der Waals surface area contributed by atoms with Crippen LogP contribution < -0.4 is 10.6 Å². The second kappa shape index (κ2) is 11.5. The molecule has 7 aromatic rings. The maximum Gasteiger partial charge on any atom is 0.256 e. The van der Waals surface area contributed by atoms with E-state index in [1.54, 1.807) is 39.5 Å². The first-order valence-corrected chi connectivity index (χ1v) is 15.5. The number of carbonyl (C=O) groups is 1. The molecule has 0 saturated heterocycles. The molecule has 0 aliphatic carbocycles. The van der Waals surface area contributed by atoms with E-state index in [9.17, 15) is 4.79 Å². The Morgan fingerprint density at radius 1 is 0.905 bits per heavy atom. The molecular formula is C31H32N8OS2. The number of nitrogens with one attached hydrogen (secondary N) is 3. The zero-order valence-electron chi connectivity index (χ0n) is 24.1. The van der Waals surface area contributed by atoms with Crippen LogP contribution in [-0.2, 0) is 7.05 Å². The molecule has 6 aromatic heterocycles. The molecule has 0 fully saturated rings. The number of thiophene rings is 2. The minimum atomic E-state index is -0.160. The number of nitrogens with zero attached hydrogens (tertiary/aromatic N) is 5. The van der Waals surface area contributed by atoms with Gasteiger partial charge in [-0.1, -0.05) is 32.0 Å². The van der Waals surface area contributed by atoms with E-state index in [1.807, 2.05) is 51.2 Å². The largest absolute Gasteiger partial charge is 0.367 e. The molecule has 0 radical (unpaired) electrons. The highest BCUT2D eigenvalue weighted by Crippen LogP contribution is 2.37. The molecule has 11 heteroatoms. The summed E-state index contributed by atoms with van der Waals surface area (Å²) in [5, 5.41) is 20.5. The fourth-order valence-electron chi connectivity index (χ4n) is 4.75. The van der Waals surface area contributed by atoms with Gasteiger partial charge < -0.3 is 10.6 Å². The maximum absolute atomic E-state index is 12.4. The van der Waals surface area contributed by atoms with Gasteiger partial charge in [0.05, 0.1) is 20.4 Å². The highest BCUT2D eigenvalue weighted by molar-refractivity contribution is 7.26. The molecule has 1 aromatic carbocycles. The summed E-state index contributed by atoms with van der Waals surface area (Å²) in [6.45, 7) is 9.41. The standard InChI is InChI=1S/C17H14N4OS.C14H18N4S/c1-10-8-9-12-13-14(23-17(12)18-10)15(20-21(13)2)19-16(22)11-6-4-3-5-7-11;1-8(2)6-7-15-13-12-11(17-18-13)10-5-4-9(3)16-14(10)19-12/h3-9H,1-2H3,(H,19,20,22);4-5,8H,6-7H2,1-3H3,(H2,15,17,18). The Kier molecular flexibility index (Phi) is 7.61. The number of aromatic nitrogens is 6. The van der Waals surface area contributed by atoms with Crippen molar-refractivity contribution < 1.29 is 4.79 Å². The summed E-state index contributed by atoms with van der Waals surface area (Å²) in [6, 6.07) is 17.3. The smallest absolute Gasteiger partial charge is 0.256 e. The lowest BCUT2D eigenvalue weighted by molar-refractivity contribution is 0.102. The number of aryl methyl sites for hydroxylation is 3. The molecule has 3 N–H and O–H groups in total. The second-order valence-corrected chi connectivity index (χ2v) is 12.7. The Morgan fingerprint density at radius 3 is 2.29 bits per heavy atom. The number of amides is 1. The van der Waals surface area contributed by atoms with Crippen LogP contribution in [0.25, 0.3) is 40.9 Å². The van der Waals surface area contributed by atoms with Gasteiger partial charge in [-0.3, -0.25) is 14.6 Å². The van der Waals surface area contributed by atoms with E-state index in [0.29, 0.717) is 17.3 Å². The minimum Gasteiger partial charge on any atom is -0.367 e. The molecule has 0 saturated carbocycles. The second-order valence-electron chi connectivity index (χ2n) is 10.7. The molecule has 0 bridgehead atoms. The quantitative estimate of drug-likeness (QED) is 0.181. The van der Waals surface area contributed by atoms with Crippen molar-refractivity contribution >= 4 is 81.1 Å². The van der Waals surface area contributed by atoms with Crippen molar-refractivity contribution in [3.63, 3.8) is 0 Å². The van der Waals surface area contributed by atoms with Gasteiger partial charge >= 0.3 is 0 Å². The predicted octanol–water partition coefficient (Wildman–Crippen LogP) is 7.68. The highest BCUT2D eigenvalue weighted by atomic mass is 32.1. The first-order valence-electron chi connectivity index (χ1n) is 13.9. The van der Waals surface area contributed by atoms with E-state index in [0.717, 1.165) is 66.3 Å². The first-order chi connectivity index (χ1) is 20.3. The van der Waals surface area contributed by atoms with Crippen molar-refractivity contribution in [2.45, 2.75) is 34.1 Å². The summed E-state index contributed by atoms with van der Waals surface area (Å²) >= 11 is 3.25. The number of pyridine rings is 2. The molecule has 42 heavy (non-hydrogen) atoms. The first kappa shape index (κ1) is 27.8. The summed E-state index contributed by atoms with van der Waals surface area (Å²) in [5.74, 6) is 2.08. The molecule has 1 amide bonds. The van der Waals surface area contributed by atoms with Crippen LogP contribution >= 0.6 is 22.7 Å². The van der Waals surface area contributed by atoms with E-state index >= 15 is 0 Å². The molecule has 0 aliphatic heterocycles. The summed E-state index contributed by atoms with van der Waals surface area (Å²) in [4.78, 5) is 23.6. The molecule has 0 unspecified atom stereocenters. The van der Waals surface area contributed by atoms with Crippen molar-refractivity contribution in [3.8, 4) is 0 Å². The molecule has 0 atom stereocenters. The molecule has 0 aliphatic rings. The van der Waals surface area contributed by atoms with Crippen molar-refractivity contribution in [1.82, 2.24) is 29.9 Å². The van der Waals surface area contributed by atoms with Crippen LogP contribution in [0.3, 0.4) is 0 Å². The van der Waals surface area contributed by atoms with E-state index in [1.165, 1.54) is 4.70 Å². The lowest BCUT2D eigenvalue weighted by Gasteiger charge is -2.04. The lowest BCUT2D eigenvalue weighted by Crippen LogP contribution is -2.12. The van der Waals surface area contributed by atoms with E-state index in [2.05, 4.69) is 61.9 Å². The Morgan fingerprint density at radius 2 is 1.57 bits per heavy atom. The number of H-pyrrole nitrogens is 1. The van der Waals surface area contributed by atoms with Gasteiger partial charge in [-0.2, -0.15) is 10.2 Å². The fourth-order valence-corrected chi connectivity index (χ4v) is 7.07. The Labute approximate surface area is 251 Å². The summed E-state index contributed by atoms with van der Waals surface area (Å²) < 4.78 is 3.92. The molecule has 214 valence electrons. The van der Waals surface area contributed by atoms with Gasteiger partial charge in [-0.15, -0.1) is 22.7 Å². The van der Waals surface area contributed by atoms with Crippen LogP contribution in [-0.4, -0.2) is 42.4 Å². The van der Waals surface area contributed by atoms with Gasteiger partial charge in [0.1, 0.15) is 9.66 Å². The zero-order chi connectivity index (χ0) is 29.4. The Hall–Kier alpha value is -4.35. The summed E-state index contributed by atoms with van der Waals surface area (Å²) in [6.07, 6.45) is 1.15. The molecule has 6 heterocycles. The average molecular weight is 597 g/mol. The van der Waals surface area contributed by atoms with Crippen LogP contribution in [0, 0.1) is 19.8 Å². The van der Waals surface area contributed by atoms with Crippen LogP contribution in [0.5, 0.6) is 0 Å². The predicted molar refractivity (Wildman–Crippen MR) is 175 cm³/mol. The average Bonchev–Trinajstić information content (AvgIpc) is 3.70. The number of aromatic amines is 1. The number of hydrogen-bond donors (Lipinski definition) is 3. The third-order valence-electron chi connectivity index (χ3n) is 6.93. The normalized spacial score (nSPS) is 11.5. The van der Waals surface area contributed by atoms with Gasteiger partial charge in [0.25, 0.3) is 5.91 Å². The topological polar surface area (TPSA) is 113 Å². The van der Waals surface area contributed by atoms with Crippen LogP contribution in [0.15, 0.2) is 54.6 Å². The van der Waals surface area contributed by atoms with Gasteiger partial charge in [-0.05, 0) is 62.6 Å². The maximum atomic E-state index is 12.4. The van der Waals surface area contributed by atoms with Crippen molar-refractivity contribution in [3.05, 3.63) is 71.5 Å². The Bertz CT molecular complexity index is 2030. The van der Waals surface area contributed by atoms with Crippen molar-refractivity contribution in [2.24, 2.45) is 13.0 Å². The molecule has 7 rings (SSSR count). The molecule has 0 spiro atoms. The molecular weight excluding hydrogens is 565 g/mol. The van der Waals surface area contributed by atoms with Crippen molar-refractivity contribution in [2.75, 3.05) is 17.2 Å². The van der Waals surface area contributed by atoms with Gasteiger partial charge in [0.15, 0.2) is 11.6 Å². The van der Waals surface area contributed by atoms with Crippen LogP contribution in [0.2, 0.25) is 0 Å². The number of carbonyl (C=O) groups excluding carboxylic acids is 1. The third kappa shape index (κ3) is 5.45. The van der Waals surface area contributed by atoms with E-state index < -0.39 is 0 Å². The van der Waals surface area contributed by atoms with Crippen molar-refractivity contribution in [1.29, 1.82) is 0 Å². The fraction of sp³-hybridized carbons (Fsp3) is 0.258. The van der Waals surface area contributed by atoms with Gasteiger partial charge in [0.2, 0.25) is 0 Å². The monoisotopic (exact) mass is 596 g/mol. The van der Waals surface area contributed by atoms with E-state index in [4.69, 9.17) is 0 Å². The number of rotatable bonds is 6. The number of fused-ring (bicyclic) bond motifs is 6. The zero-order valence-corrected chi connectivity index (χ0v) is 25.8. The number of hydrogen-bond acceptors (Lipinski definition) is 8. The Balaban J connectivity index is 0.000000153. The summed E-state index contributed by atoms with van der Waals surface area (Å²) in [7, 11) is 1.88. The van der Waals surface area contributed by atoms with Gasteiger partial charge in [0, 0.05) is 41.3 Å². The minimum absolute atomic E-state index is 0.160. The number of anilines is 2. The molecule has 9 nitrogen and oxygen atoms in total. The van der Waals surface area contributed by atoms with Crippen LogP contribution in [0.1, 0.15) is 42.0 Å². The number of benzene rings is 1. The SMILES string of the molecule is Cc1ccc2c(n1)sc1c(NC(=O)c3ccccc3)nn(C)c12.Cc1ccc2c(n1)sc1c(NCCC(C)C)n[nH]c12. The van der Waals surface area contributed by atoms with Gasteiger partial charge in [-0.25, -0.2) is 9.97 Å². The lowest BCUT2D eigenvalue weighted by atomic mass is 10.1. The van der Waals surface area contributed by atoms with Crippen LogP contribution in [0.4, 0.5) is 11.6 Å². The third-order valence-corrected chi connectivity index (χ3v) is 9.13. The summed E-state index contributed by atoms with van der Waals surface area (Å²) in [5.41, 5.74) is 4.74. The van der Waals surface area contributed by atoms with E-state index in [-0.39, 0.29) is 5.91 Å².